The van der Waals surface area contributed by atoms with E-state index in [2.05, 4.69) is 30.7 Å². The molecule has 3 rings (SSSR count). The molecule has 0 amide bonds. The van der Waals surface area contributed by atoms with Crippen LogP contribution in [0.2, 0.25) is 0 Å². The maximum absolute atomic E-state index is 14.6. The van der Waals surface area contributed by atoms with Crippen molar-refractivity contribution in [3.05, 3.63) is 41.2 Å². The molecule has 2 aromatic rings. The molecule has 0 aliphatic carbocycles. The van der Waals surface area contributed by atoms with Crippen molar-refractivity contribution in [2.24, 2.45) is 5.41 Å². The zero-order valence-corrected chi connectivity index (χ0v) is 15.9. The monoisotopic (exact) mass is 360 g/mol. The molecular weight excluding hydrogens is 333 g/mol. The number of hydrogen-bond donors (Lipinski definition) is 0. The maximum Gasteiger partial charge on any atom is 0.269 e. The number of hydrogen-bond acceptors (Lipinski definition) is 4. The van der Waals surface area contributed by atoms with Gasteiger partial charge in [-0.05, 0) is 36.9 Å². The lowest BCUT2D eigenvalue weighted by Crippen LogP contribution is -2.54. The van der Waals surface area contributed by atoms with Crippen LogP contribution in [0.15, 0.2) is 29.2 Å². The molecule has 2 atom stereocenters. The highest BCUT2D eigenvalue weighted by Crippen LogP contribution is 2.33. The largest absolute Gasteiger partial charge is 0.497 e. The summed E-state index contributed by atoms with van der Waals surface area (Å²) in [5.74, 6) is 0.683. The van der Waals surface area contributed by atoms with E-state index in [9.17, 15) is 9.18 Å². The first kappa shape index (κ1) is 18.8. The maximum atomic E-state index is 14.6. The Balaban J connectivity index is 1.89. The van der Waals surface area contributed by atoms with Crippen LogP contribution in [0.4, 0.5) is 4.39 Å². The number of benzene rings is 1. The van der Waals surface area contributed by atoms with E-state index in [4.69, 9.17) is 4.74 Å². The lowest BCUT2D eigenvalue weighted by Gasteiger charge is -2.45. The Morgan fingerprint density at radius 2 is 2.08 bits per heavy atom. The minimum atomic E-state index is -0.949. The van der Waals surface area contributed by atoms with Gasteiger partial charge in [-0.2, -0.15) is 0 Å². The van der Waals surface area contributed by atoms with Crippen molar-refractivity contribution in [2.75, 3.05) is 20.2 Å². The van der Waals surface area contributed by atoms with Crippen LogP contribution < -0.4 is 10.3 Å². The second kappa shape index (κ2) is 7.35. The van der Waals surface area contributed by atoms with Gasteiger partial charge >= 0.3 is 0 Å². The normalized spacial score (nSPS) is 21.9. The molecule has 1 aliphatic rings. The summed E-state index contributed by atoms with van der Waals surface area (Å²) in [6.07, 6.45) is 2.89. The number of methoxy groups -OCH3 is 1. The fraction of sp³-hybridized carbons (Fsp3) is 0.550. The van der Waals surface area contributed by atoms with Crippen molar-refractivity contribution >= 4 is 11.0 Å². The first-order valence-corrected chi connectivity index (χ1v) is 9.06. The van der Waals surface area contributed by atoms with Crippen LogP contribution in [-0.2, 0) is 6.54 Å². The Hall–Kier alpha value is -1.95. The van der Waals surface area contributed by atoms with Crippen LogP contribution in [0.5, 0.6) is 5.75 Å². The lowest BCUT2D eigenvalue weighted by atomic mass is 9.79. The molecule has 1 radical (unpaired) electrons. The highest BCUT2D eigenvalue weighted by Gasteiger charge is 2.39. The number of likely N-dealkylation sites (tertiary alicyclic amines) is 1. The van der Waals surface area contributed by atoms with Crippen LogP contribution in [-0.4, -0.2) is 46.9 Å². The number of piperidine rings is 1. The van der Waals surface area contributed by atoms with Crippen LogP contribution in [0, 0.1) is 11.8 Å². The van der Waals surface area contributed by atoms with Gasteiger partial charge in [-0.15, -0.1) is 0 Å². The van der Waals surface area contributed by atoms with Crippen LogP contribution in [0.1, 0.15) is 27.2 Å². The standard InChI is InChI=1S/C20H27FN3O2/c1-20(2,3)19-15(21)6-5-9-23(19)10-11-24-17-12-14(26-4)7-8-16(17)22-13-18(24)25/h6-8,12-13,15,19H,5,9-11H2,1-4H3. The number of ether oxygens (including phenoxy) is 1. The van der Waals surface area contributed by atoms with Crippen LogP contribution in [0.25, 0.3) is 11.0 Å². The summed E-state index contributed by atoms with van der Waals surface area (Å²) in [7, 11) is 1.60. The summed E-state index contributed by atoms with van der Waals surface area (Å²) >= 11 is 0. The van der Waals surface area contributed by atoms with Crippen molar-refractivity contribution in [1.82, 2.24) is 14.5 Å². The Morgan fingerprint density at radius 3 is 2.77 bits per heavy atom. The van der Waals surface area contributed by atoms with Gasteiger partial charge in [-0.1, -0.05) is 20.8 Å². The van der Waals surface area contributed by atoms with E-state index in [-0.39, 0.29) is 17.0 Å². The van der Waals surface area contributed by atoms with E-state index in [1.165, 1.54) is 6.20 Å². The van der Waals surface area contributed by atoms with Gasteiger partial charge in [-0.3, -0.25) is 9.69 Å². The summed E-state index contributed by atoms with van der Waals surface area (Å²) in [5, 5.41) is 0. The smallest absolute Gasteiger partial charge is 0.269 e. The molecule has 1 aromatic carbocycles. The van der Waals surface area contributed by atoms with Crippen LogP contribution >= 0.6 is 0 Å². The average Bonchev–Trinajstić information content (AvgIpc) is 2.59. The second-order valence-electron chi connectivity index (χ2n) is 7.92. The first-order valence-electron chi connectivity index (χ1n) is 9.06. The molecule has 1 fully saturated rings. The summed E-state index contributed by atoms with van der Waals surface area (Å²) in [5.41, 5.74) is 1.15. The van der Waals surface area contributed by atoms with Gasteiger partial charge in [0.1, 0.15) is 11.9 Å². The van der Waals surface area contributed by atoms with E-state index < -0.39 is 6.17 Å². The zero-order valence-electron chi connectivity index (χ0n) is 15.9. The van der Waals surface area contributed by atoms with Gasteiger partial charge in [0.25, 0.3) is 5.56 Å². The number of fused-ring (bicyclic) bond motifs is 1. The summed E-state index contributed by atoms with van der Waals surface area (Å²) in [6, 6.07) is 5.31. The molecule has 1 saturated heterocycles. The first-order chi connectivity index (χ1) is 12.3. The topological polar surface area (TPSA) is 47.4 Å². The predicted octanol–water partition coefficient (Wildman–Crippen LogP) is 3.07. The highest BCUT2D eigenvalue weighted by molar-refractivity contribution is 5.76. The molecular formula is C20H27FN3O2. The SMILES string of the molecule is COc1ccc2ncc(=O)n(CCN3CC[CH]C(F)C3C(C)(C)C)c2c1. The fourth-order valence-electron chi connectivity index (χ4n) is 3.87. The molecule has 2 unspecified atom stereocenters. The number of aromatic nitrogens is 2. The van der Waals surface area contributed by atoms with Gasteiger partial charge in [0, 0.05) is 25.2 Å². The number of alkyl halides is 1. The van der Waals surface area contributed by atoms with Crippen molar-refractivity contribution < 1.29 is 9.13 Å². The molecule has 1 aromatic heterocycles. The Kier molecular flexibility index (Phi) is 5.32. The lowest BCUT2D eigenvalue weighted by molar-refractivity contribution is 0.0215. The minimum Gasteiger partial charge on any atom is -0.497 e. The van der Waals surface area contributed by atoms with Gasteiger partial charge in [-0.25, -0.2) is 9.37 Å². The summed E-state index contributed by atoms with van der Waals surface area (Å²) < 4.78 is 21.5. The average molecular weight is 360 g/mol. The predicted molar refractivity (Wildman–Crippen MR) is 101 cm³/mol. The van der Waals surface area contributed by atoms with E-state index in [1.54, 1.807) is 18.1 Å². The van der Waals surface area contributed by atoms with Crippen molar-refractivity contribution in [1.29, 1.82) is 0 Å². The molecule has 6 heteroatoms. The van der Waals surface area contributed by atoms with Crippen molar-refractivity contribution in [2.45, 2.75) is 46.0 Å². The van der Waals surface area contributed by atoms with Gasteiger partial charge in [0.15, 0.2) is 0 Å². The summed E-state index contributed by atoms with van der Waals surface area (Å²) in [6.45, 7) is 8.11. The molecule has 0 bridgehead atoms. The van der Waals surface area contributed by atoms with Crippen molar-refractivity contribution in [3.8, 4) is 5.75 Å². The number of nitrogens with zero attached hydrogens (tertiary/aromatic N) is 3. The van der Waals surface area contributed by atoms with E-state index in [0.29, 0.717) is 18.8 Å². The number of rotatable bonds is 4. The molecule has 5 nitrogen and oxygen atoms in total. The minimum absolute atomic E-state index is 0.154. The van der Waals surface area contributed by atoms with Gasteiger partial charge in [0.05, 0.1) is 24.3 Å². The van der Waals surface area contributed by atoms with E-state index in [0.717, 1.165) is 24.0 Å². The molecule has 0 spiro atoms. The molecule has 1 aliphatic heterocycles. The van der Waals surface area contributed by atoms with Crippen molar-refractivity contribution in [3.63, 3.8) is 0 Å². The van der Waals surface area contributed by atoms with Gasteiger partial charge in [0.2, 0.25) is 0 Å². The summed E-state index contributed by atoms with van der Waals surface area (Å²) in [4.78, 5) is 18.8. The highest BCUT2D eigenvalue weighted by atomic mass is 19.1. The van der Waals surface area contributed by atoms with Crippen LogP contribution in [0.3, 0.4) is 0 Å². The number of halogens is 1. The Bertz CT molecular complexity index is 828. The third kappa shape index (κ3) is 3.75. The van der Waals surface area contributed by atoms with Gasteiger partial charge < -0.3 is 9.30 Å². The van der Waals surface area contributed by atoms with E-state index >= 15 is 0 Å². The quantitative estimate of drug-likeness (QED) is 0.841. The zero-order chi connectivity index (χ0) is 18.9. The van der Waals surface area contributed by atoms with E-state index in [1.807, 2.05) is 18.2 Å². The third-order valence-corrected chi connectivity index (χ3v) is 5.05. The Morgan fingerprint density at radius 1 is 1.31 bits per heavy atom. The molecule has 2 heterocycles. The second-order valence-corrected chi connectivity index (χ2v) is 7.92. The third-order valence-electron chi connectivity index (χ3n) is 5.05. The molecule has 26 heavy (non-hydrogen) atoms. The molecule has 0 saturated carbocycles. The molecule has 0 N–H and O–H groups in total. The fourth-order valence-corrected chi connectivity index (χ4v) is 3.87. The Labute approximate surface area is 153 Å². The molecule has 141 valence electrons.